The first-order chi connectivity index (χ1) is 11.7. The third-order valence-corrected chi connectivity index (χ3v) is 5.13. The largest absolute Gasteiger partial charge is 0.359 e. The van der Waals surface area contributed by atoms with E-state index in [1.807, 2.05) is 23.2 Å². The summed E-state index contributed by atoms with van der Waals surface area (Å²) >= 11 is 6.24. The number of rotatable bonds is 6. The SMILES string of the molecule is CCCCCCC(=O)N1CC=C(c2c[nH]c3c(Cl)cccc23)CC1. The standard InChI is InChI=1S/C20H25ClN2O/c1-2-3-4-5-9-19(24)23-12-10-15(11-13-23)17-14-22-20-16(17)7-6-8-18(20)21/h6-8,10,14,22H,2-5,9,11-13H2,1H3. The van der Waals surface area contributed by atoms with Gasteiger partial charge in [-0.1, -0.05) is 56.0 Å². The lowest BCUT2D eigenvalue weighted by molar-refractivity contribution is -0.130. The van der Waals surface area contributed by atoms with Gasteiger partial charge in [-0.25, -0.2) is 0 Å². The van der Waals surface area contributed by atoms with Crippen LogP contribution >= 0.6 is 11.6 Å². The lowest BCUT2D eigenvalue weighted by atomic mass is 9.98. The zero-order valence-corrected chi connectivity index (χ0v) is 15.0. The molecule has 0 fully saturated rings. The highest BCUT2D eigenvalue weighted by Gasteiger charge is 2.19. The Hall–Kier alpha value is -1.74. The van der Waals surface area contributed by atoms with Crippen molar-refractivity contribution in [3.8, 4) is 0 Å². The average Bonchev–Trinajstić information content (AvgIpc) is 3.04. The molecule has 0 atom stereocenters. The zero-order valence-electron chi connectivity index (χ0n) is 14.3. The number of fused-ring (bicyclic) bond motifs is 1. The summed E-state index contributed by atoms with van der Waals surface area (Å²) in [7, 11) is 0. The molecule has 4 heteroatoms. The Labute approximate surface area is 148 Å². The molecular weight excluding hydrogens is 320 g/mol. The number of H-pyrrole nitrogens is 1. The van der Waals surface area contributed by atoms with Gasteiger partial charge in [0.15, 0.2) is 0 Å². The van der Waals surface area contributed by atoms with Crippen LogP contribution in [-0.4, -0.2) is 28.9 Å². The molecule has 2 aromatic rings. The Morgan fingerprint density at radius 3 is 2.92 bits per heavy atom. The maximum Gasteiger partial charge on any atom is 0.222 e. The van der Waals surface area contributed by atoms with Gasteiger partial charge >= 0.3 is 0 Å². The van der Waals surface area contributed by atoms with Crippen molar-refractivity contribution in [2.75, 3.05) is 13.1 Å². The van der Waals surface area contributed by atoms with E-state index in [0.717, 1.165) is 48.3 Å². The van der Waals surface area contributed by atoms with Gasteiger partial charge in [-0.05, 0) is 24.5 Å². The molecule has 0 spiro atoms. The first-order valence-electron chi connectivity index (χ1n) is 8.93. The summed E-state index contributed by atoms with van der Waals surface area (Å²) in [5.41, 5.74) is 3.51. The van der Waals surface area contributed by atoms with E-state index in [9.17, 15) is 4.79 Å². The molecule has 0 aliphatic carbocycles. The van der Waals surface area contributed by atoms with Gasteiger partial charge in [0.1, 0.15) is 0 Å². The predicted octanol–water partition coefficient (Wildman–Crippen LogP) is 5.41. The molecule has 0 bridgehead atoms. The number of aromatic nitrogens is 1. The number of benzene rings is 1. The number of hydrogen-bond acceptors (Lipinski definition) is 1. The molecule has 1 aliphatic rings. The first-order valence-corrected chi connectivity index (χ1v) is 9.31. The molecule has 1 aliphatic heterocycles. The lowest BCUT2D eigenvalue weighted by Gasteiger charge is -2.26. The fourth-order valence-electron chi connectivity index (χ4n) is 3.38. The van der Waals surface area contributed by atoms with Crippen molar-refractivity contribution < 1.29 is 4.79 Å². The maximum atomic E-state index is 12.3. The van der Waals surface area contributed by atoms with Crippen LogP contribution in [0.25, 0.3) is 16.5 Å². The second-order valence-corrected chi connectivity index (χ2v) is 6.90. The van der Waals surface area contributed by atoms with Gasteiger partial charge in [-0.15, -0.1) is 0 Å². The number of unbranched alkanes of at least 4 members (excludes halogenated alkanes) is 3. The molecule has 3 rings (SSSR count). The highest BCUT2D eigenvalue weighted by Crippen LogP contribution is 2.32. The van der Waals surface area contributed by atoms with Gasteiger partial charge < -0.3 is 9.88 Å². The number of halogens is 1. The topological polar surface area (TPSA) is 36.1 Å². The van der Waals surface area contributed by atoms with Crippen LogP contribution in [0.5, 0.6) is 0 Å². The summed E-state index contributed by atoms with van der Waals surface area (Å²) in [6.45, 7) is 3.72. The Morgan fingerprint density at radius 1 is 1.29 bits per heavy atom. The van der Waals surface area contributed by atoms with Crippen molar-refractivity contribution in [3.63, 3.8) is 0 Å². The van der Waals surface area contributed by atoms with Crippen LogP contribution in [-0.2, 0) is 4.79 Å². The van der Waals surface area contributed by atoms with E-state index in [4.69, 9.17) is 11.6 Å². The summed E-state index contributed by atoms with van der Waals surface area (Å²) in [6.07, 6.45) is 10.4. The van der Waals surface area contributed by atoms with Gasteiger partial charge in [0.05, 0.1) is 10.5 Å². The first kappa shape index (κ1) is 17.1. The maximum absolute atomic E-state index is 12.3. The number of carbonyl (C=O) groups excluding carboxylic acids is 1. The third kappa shape index (κ3) is 3.67. The number of carbonyl (C=O) groups is 1. The monoisotopic (exact) mass is 344 g/mol. The van der Waals surface area contributed by atoms with E-state index in [0.29, 0.717) is 12.3 Å². The van der Waals surface area contributed by atoms with Crippen LogP contribution in [0.3, 0.4) is 0 Å². The summed E-state index contributed by atoms with van der Waals surface area (Å²) in [6, 6.07) is 5.98. The highest BCUT2D eigenvalue weighted by molar-refractivity contribution is 6.35. The Bertz CT molecular complexity index is 747. The lowest BCUT2D eigenvalue weighted by Crippen LogP contribution is -2.34. The van der Waals surface area contributed by atoms with E-state index in [1.54, 1.807) is 0 Å². The Balaban J connectivity index is 1.64. The molecule has 2 heterocycles. The molecule has 1 amide bonds. The van der Waals surface area contributed by atoms with Crippen molar-refractivity contribution in [1.29, 1.82) is 0 Å². The van der Waals surface area contributed by atoms with Crippen molar-refractivity contribution in [2.45, 2.75) is 45.4 Å². The fraction of sp³-hybridized carbons (Fsp3) is 0.450. The number of aromatic amines is 1. The van der Waals surface area contributed by atoms with Crippen LogP contribution in [0, 0.1) is 0 Å². The zero-order chi connectivity index (χ0) is 16.9. The number of para-hydroxylation sites is 1. The van der Waals surface area contributed by atoms with E-state index < -0.39 is 0 Å². The van der Waals surface area contributed by atoms with Crippen LogP contribution in [0.1, 0.15) is 51.0 Å². The number of amides is 1. The van der Waals surface area contributed by atoms with Crippen molar-refractivity contribution in [1.82, 2.24) is 9.88 Å². The molecule has 0 saturated heterocycles. The minimum atomic E-state index is 0.295. The van der Waals surface area contributed by atoms with Crippen LogP contribution in [0.2, 0.25) is 5.02 Å². The summed E-state index contributed by atoms with van der Waals surface area (Å²) < 4.78 is 0. The molecule has 0 saturated carbocycles. The fourth-order valence-corrected chi connectivity index (χ4v) is 3.61. The molecule has 1 aromatic carbocycles. The highest BCUT2D eigenvalue weighted by atomic mass is 35.5. The second-order valence-electron chi connectivity index (χ2n) is 6.49. The van der Waals surface area contributed by atoms with Gasteiger partial charge in [-0.3, -0.25) is 4.79 Å². The molecule has 24 heavy (non-hydrogen) atoms. The normalized spacial score (nSPS) is 14.9. The number of nitrogens with zero attached hydrogens (tertiary/aromatic N) is 1. The van der Waals surface area contributed by atoms with Gasteiger partial charge in [0, 0.05) is 36.7 Å². The van der Waals surface area contributed by atoms with E-state index in [-0.39, 0.29) is 0 Å². The van der Waals surface area contributed by atoms with Gasteiger partial charge in [0.2, 0.25) is 5.91 Å². The molecule has 1 aromatic heterocycles. The van der Waals surface area contributed by atoms with Crippen molar-refractivity contribution in [2.24, 2.45) is 0 Å². The minimum absolute atomic E-state index is 0.295. The molecule has 0 radical (unpaired) electrons. The van der Waals surface area contributed by atoms with Crippen LogP contribution < -0.4 is 0 Å². The number of hydrogen-bond donors (Lipinski definition) is 1. The molecule has 1 N–H and O–H groups in total. The quantitative estimate of drug-likeness (QED) is 0.699. The second kappa shape index (κ2) is 7.89. The summed E-state index contributed by atoms with van der Waals surface area (Å²) in [4.78, 5) is 17.5. The van der Waals surface area contributed by atoms with Gasteiger partial charge in [0.25, 0.3) is 0 Å². The Morgan fingerprint density at radius 2 is 2.17 bits per heavy atom. The average molecular weight is 345 g/mol. The smallest absolute Gasteiger partial charge is 0.222 e. The summed E-state index contributed by atoms with van der Waals surface area (Å²) in [5.74, 6) is 0.295. The minimum Gasteiger partial charge on any atom is -0.359 e. The van der Waals surface area contributed by atoms with Crippen LogP contribution in [0.15, 0.2) is 30.5 Å². The summed E-state index contributed by atoms with van der Waals surface area (Å²) in [5, 5.41) is 1.91. The Kier molecular flexibility index (Phi) is 5.62. The molecular formula is C20H25ClN2O. The molecule has 0 unspecified atom stereocenters. The molecule has 3 nitrogen and oxygen atoms in total. The van der Waals surface area contributed by atoms with E-state index in [2.05, 4.69) is 24.1 Å². The van der Waals surface area contributed by atoms with E-state index in [1.165, 1.54) is 24.0 Å². The molecule has 128 valence electrons. The van der Waals surface area contributed by atoms with Crippen molar-refractivity contribution >= 4 is 34.0 Å². The van der Waals surface area contributed by atoms with Gasteiger partial charge in [-0.2, -0.15) is 0 Å². The van der Waals surface area contributed by atoms with E-state index >= 15 is 0 Å². The predicted molar refractivity (Wildman–Crippen MR) is 101 cm³/mol. The van der Waals surface area contributed by atoms with Crippen molar-refractivity contribution in [3.05, 3.63) is 41.1 Å². The number of nitrogens with one attached hydrogen (secondary N) is 1. The third-order valence-electron chi connectivity index (χ3n) is 4.82. The van der Waals surface area contributed by atoms with Crippen LogP contribution in [0.4, 0.5) is 0 Å².